The molecule has 111 heavy (non-hydrogen) atoms. The highest BCUT2D eigenvalue weighted by Gasteiger charge is 2.23. The van der Waals surface area contributed by atoms with E-state index in [1.165, 1.54) is 147 Å². The second-order valence-corrected chi connectivity index (χ2v) is 32.0. The molecule has 0 fully saturated rings. The molecule has 0 saturated carbocycles. The van der Waals surface area contributed by atoms with Crippen LogP contribution in [0.15, 0.2) is 364 Å². The minimum absolute atomic E-state index is 0.703. The van der Waals surface area contributed by atoms with Crippen molar-refractivity contribution in [3.8, 4) is 79.2 Å². The lowest BCUT2D eigenvalue weighted by Gasteiger charge is -2.12. The molecule has 0 aliphatic rings. The topological polar surface area (TPSA) is 61.4 Å². The van der Waals surface area contributed by atoms with Gasteiger partial charge in [0.2, 0.25) is 0 Å². The molecule has 0 amide bonds. The molecule has 0 spiro atoms. The van der Waals surface area contributed by atoms with Crippen LogP contribution in [0.5, 0.6) is 0 Å². The van der Waals surface area contributed by atoms with E-state index in [4.69, 9.17) is 19.9 Å². The molecule has 0 N–H and O–H groups in total. The van der Waals surface area contributed by atoms with Gasteiger partial charge in [0.15, 0.2) is 11.6 Å². The van der Waals surface area contributed by atoms with Crippen LogP contribution in [0.25, 0.3) is 226 Å². The van der Waals surface area contributed by atoms with E-state index < -0.39 is 0 Å². The molecule has 24 aromatic rings. The Labute approximate surface area is 648 Å². The standard InChI is InChI=1S/C54H31N3S2.C48H29N3S/c1-3-11-38-32(9-1)19-25-46-52(38)53-39-12-4-2-10-33(39)20-26-47(53)57(46)37-23-17-34(18-24-37)54-55-44(35-21-27-50-42(29-35)40-13-5-7-15-48(40)58-50)31-45(56-54)36-22-28-51-43(30-36)41-14-6-8-16-49(41)59-51;1-2-12-32(13-3-1)40-29-41(34-20-25-39-38-16-8-9-17-44(38)52-45(39)28-34)50-48(49-40)33-18-23-35(24-19-33)51-42-26-21-30-10-4-6-14-36(30)46(42)47-37-15-7-5-11-31(37)22-27-43(47)51/h1-31H;1-29H. The zero-order valence-corrected chi connectivity index (χ0v) is 62.0. The molecule has 0 bridgehead atoms. The van der Waals surface area contributed by atoms with Gasteiger partial charge in [-0.25, -0.2) is 19.9 Å². The van der Waals surface area contributed by atoms with Crippen molar-refractivity contribution in [1.29, 1.82) is 0 Å². The largest absolute Gasteiger partial charge is 0.309 e. The lowest BCUT2D eigenvalue weighted by atomic mass is 10.00. The van der Waals surface area contributed by atoms with Gasteiger partial charge in [-0.3, -0.25) is 0 Å². The summed E-state index contributed by atoms with van der Waals surface area (Å²) in [6, 6.07) is 131. The Morgan fingerprint density at radius 3 is 0.865 bits per heavy atom. The van der Waals surface area contributed by atoms with Crippen molar-refractivity contribution >= 4 is 181 Å². The molecule has 0 radical (unpaired) electrons. The molecular formula is C102H60N6S3. The predicted molar refractivity (Wildman–Crippen MR) is 474 cm³/mol. The third-order valence-corrected chi connectivity index (χ3v) is 25.8. The van der Waals surface area contributed by atoms with Gasteiger partial charge in [-0.15, -0.1) is 34.0 Å². The van der Waals surface area contributed by atoms with E-state index in [1.807, 2.05) is 40.1 Å². The second-order valence-electron chi connectivity index (χ2n) is 28.7. The molecule has 6 nitrogen and oxygen atoms in total. The summed E-state index contributed by atoms with van der Waals surface area (Å²) in [5.74, 6) is 1.41. The average molecular weight is 1470 g/mol. The fraction of sp³-hybridized carbons (Fsp3) is 0. The lowest BCUT2D eigenvalue weighted by Crippen LogP contribution is -1.97. The van der Waals surface area contributed by atoms with Crippen molar-refractivity contribution in [2.24, 2.45) is 0 Å². The van der Waals surface area contributed by atoms with Crippen LogP contribution in [0.4, 0.5) is 0 Å². The molecule has 516 valence electrons. The molecule has 0 atom stereocenters. The summed E-state index contributed by atoms with van der Waals surface area (Å²) < 4.78 is 12.5. The summed E-state index contributed by atoms with van der Waals surface area (Å²) >= 11 is 5.50. The first-order chi connectivity index (χ1) is 55.0. The predicted octanol–water partition coefficient (Wildman–Crippen LogP) is 28.9. The van der Waals surface area contributed by atoms with Crippen molar-refractivity contribution in [2.75, 3.05) is 0 Å². The molecule has 7 aromatic heterocycles. The highest BCUT2D eigenvalue weighted by Crippen LogP contribution is 2.46. The van der Waals surface area contributed by atoms with E-state index in [1.54, 1.807) is 0 Å². The number of fused-ring (bicyclic) bond motifs is 23. The number of benzene rings is 17. The fourth-order valence-corrected chi connectivity index (χ4v) is 20.5. The second kappa shape index (κ2) is 25.4. The van der Waals surface area contributed by atoms with Crippen LogP contribution in [-0.4, -0.2) is 29.1 Å². The molecule has 0 aliphatic heterocycles. The van der Waals surface area contributed by atoms with Gasteiger partial charge in [0.05, 0.1) is 44.8 Å². The van der Waals surface area contributed by atoms with Crippen molar-refractivity contribution in [3.05, 3.63) is 364 Å². The van der Waals surface area contributed by atoms with Crippen LogP contribution in [0, 0.1) is 0 Å². The van der Waals surface area contributed by atoms with Gasteiger partial charge in [0.25, 0.3) is 0 Å². The zero-order chi connectivity index (χ0) is 72.8. The summed E-state index contributed by atoms with van der Waals surface area (Å²) in [6.07, 6.45) is 0. The van der Waals surface area contributed by atoms with Crippen LogP contribution >= 0.6 is 34.0 Å². The maximum absolute atomic E-state index is 5.32. The minimum Gasteiger partial charge on any atom is -0.309 e. The van der Waals surface area contributed by atoms with Gasteiger partial charge in [-0.1, -0.05) is 231 Å². The number of nitrogens with zero attached hydrogens (tertiary/aromatic N) is 6. The van der Waals surface area contributed by atoms with E-state index in [2.05, 4.69) is 367 Å². The van der Waals surface area contributed by atoms with E-state index in [-0.39, 0.29) is 0 Å². The summed E-state index contributed by atoms with van der Waals surface area (Å²) in [6.45, 7) is 0. The molecule has 9 heteroatoms. The first-order valence-corrected chi connectivity index (χ1v) is 39.9. The van der Waals surface area contributed by atoms with Crippen molar-refractivity contribution in [2.45, 2.75) is 0 Å². The van der Waals surface area contributed by atoms with Gasteiger partial charge in [-0.05, 0) is 177 Å². The Morgan fingerprint density at radius 2 is 0.468 bits per heavy atom. The number of aromatic nitrogens is 6. The van der Waals surface area contributed by atoms with Gasteiger partial charge in [0.1, 0.15) is 0 Å². The first-order valence-electron chi connectivity index (χ1n) is 37.5. The molecule has 24 rings (SSSR count). The average Bonchev–Trinajstić information content (AvgIpc) is 1.56. The Morgan fingerprint density at radius 1 is 0.180 bits per heavy atom. The summed E-state index contributed by atoms with van der Waals surface area (Å²) in [5.41, 5.74) is 16.8. The van der Waals surface area contributed by atoms with Crippen LogP contribution in [0.3, 0.4) is 0 Å². The van der Waals surface area contributed by atoms with Crippen molar-refractivity contribution in [3.63, 3.8) is 0 Å². The van der Waals surface area contributed by atoms with E-state index in [0.29, 0.717) is 11.6 Å². The fourth-order valence-electron chi connectivity index (χ4n) is 17.2. The molecule has 0 unspecified atom stereocenters. The van der Waals surface area contributed by atoms with E-state index in [0.717, 1.165) is 67.5 Å². The molecular weight excluding hydrogens is 1410 g/mol. The normalized spacial score (nSPS) is 12.0. The van der Waals surface area contributed by atoms with Crippen LogP contribution < -0.4 is 0 Å². The van der Waals surface area contributed by atoms with Crippen LogP contribution in [-0.2, 0) is 0 Å². The van der Waals surface area contributed by atoms with E-state index in [9.17, 15) is 0 Å². The minimum atomic E-state index is 0.703. The Kier molecular flexibility index (Phi) is 14.5. The number of hydrogen-bond donors (Lipinski definition) is 0. The lowest BCUT2D eigenvalue weighted by molar-refractivity contribution is 1.16. The van der Waals surface area contributed by atoms with Crippen molar-refractivity contribution in [1.82, 2.24) is 29.1 Å². The van der Waals surface area contributed by atoms with Gasteiger partial charge in [-0.2, -0.15) is 0 Å². The maximum Gasteiger partial charge on any atom is 0.160 e. The zero-order valence-electron chi connectivity index (χ0n) is 59.5. The van der Waals surface area contributed by atoms with Crippen LogP contribution in [0.2, 0.25) is 0 Å². The molecule has 0 saturated heterocycles. The monoisotopic (exact) mass is 1460 g/mol. The third kappa shape index (κ3) is 10.4. The number of thiophene rings is 3. The molecule has 17 aromatic carbocycles. The highest BCUT2D eigenvalue weighted by atomic mass is 32.1. The third-order valence-electron chi connectivity index (χ3n) is 22.4. The smallest absolute Gasteiger partial charge is 0.160 e. The van der Waals surface area contributed by atoms with Gasteiger partial charge >= 0.3 is 0 Å². The molecule has 7 heterocycles. The van der Waals surface area contributed by atoms with Crippen molar-refractivity contribution < 1.29 is 0 Å². The van der Waals surface area contributed by atoms with E-state index >= 15 is 0 Å². The maximum atomic E-state index is 5.32. The quantitative estimate of drug-likeness (QED) is 0.152. The Balaban J connectivity index is 0.000000134. The summed E-state index contributed by atoms with van der Waals surface area (Å²) in [5, 5.41) is 22.8. The summed E-state index contributed by atoms with van der Waals surface area (Å²) in [4.78, 5) is 21.0. The first kappa shape index (κ1) is 63.3. The van der Waals surface area contributed by atoms with Gasteiger partial charge in [0, 0.05) is 127 Å². The van der Waals surface area contributed by atoms with Gasteiger partial charge < -0.3 is 9.13 Å². The SMILES string of the molecule is c1ccc(-c2cc(-c3ccc4c(c3)sc3ccccc34)nc(-c3ccc(-n4c5ccc6ccccc6c5c5c6ccccc6ccc54)cc3)n2)cc1.c1ccc2c(c1)ccc1c2c2c3ccccc3ccc2n1-c1ccc(-c2nc(-c3ccc4sc5ccccc5c4c3)cc(-c3ccc4sc5ccccc5c4c3)n2)cc1. The van der Waals surface area contributed by atoms with Crippen LogP contribution in [0.1, 0.15) is 0 Å². The number of hydrogen-bond acceptors (Lipinski definition) is 7. The summed E-state index contributed by atoms with van der Waals surface area (Å²) in [7, 11) is 0. The Hall–Kier alpha value is -13.8. The Bertz CT molecular complexity index is 7640. The highest BCUT2D eigenvalue weighted by molar-refractivity contribution is 7.26. The molecule has 0 aliphatic carbocycles. The number of rotatable bonds is 8.